The first-order valence-electron chi connectivity index (χ1n) is 10.9. The second-order valence-electron chi connectivity index (χ2n) is 8.32. The van der Waals surface area contributed by atoms with Gasteiger partial charge in [-0.3, -0.25) is 23.4 Å². The number of hydrogen-bond acceptors (Lipinski definition) is 8. The predicted molar refractivity (Wildman–Crippen MR) is 120 cm³/mol. The van der Waals surface area contributed by atoms with Crippen molar-refractivity contribution in [3.05, 3.63) is 35.9 Å². The van der Waals surface area contributed by atoms with E-state index >= 15 is 0 Å². The lowest BCUT2D eigenvalue weighted by molar-refractivity contribution is -0.145. The molecular weight excluding hydrogens is 451 g/mol. The van der Waals surface area contributed by atoms with Crippen molar-refractivity contribution in [1.29, 1.82) is 0 Å². The molecule has 1 unspecified atom stereocenters. The van der Waals surface area contributed by atoms with Gasteiger partial charge in [0.05, 0.1) is 26.7 Å². The molecule has 0 saturated carbocycles. The number of esters is 2. The second kappa shape index (κ2) is 12.3. The van der Waals surface area contributed by atoms with E-state index in [1.54, 1.807) is 20.8 Å². The Bertz CT molecular complexity index is 861. The third-order valence-corrected chi connectivity index (χ3v) is 6.69. The van der Waals surface area contributed by atoms with Crippen LogP contribution in [0.2, 0.25) is 0 Å². The topological polar surface area (TPSA) is 129 Å². The van der Waals surface area contributed by atoms with Gasteiger partial charge in [0, 0.05) is 12.0 Å². The van der Waals surface area contributed by atoms with Gasteiger partial charge in [-0.1, -0.05) is 44.2 Å². The van der Waals surface area contributed by atoms with Gasteiger partial charge in [-0.2, -0.15) is 0 Å². The van der Waals surface area contributed by atoms with E-state index in [1.807, 2.05) is 30.3 Å². The van der Waals surface area contributed by atoms with Crippen LogP contribution in [0.25, 0.3) is 0 Å². The van der Waals surface area contributed by atoms with Crippen LogP contribution in [0.15, 0.2) is 30.3 Å². The quantitative estimate of drug-likeness (QED) is 0.359. The van der Waals surface area contributed by atoms with Gasteiger partial charge < -0.3 is 14.8 Å². The highest BCUT2D eigenvalue weighted by Gasteiger charge is 2.49. The standard InChI is InChI=1S/C22H33N2O8P/c1-5-30-21(27)17(12-11-16-9-7-6-8-10-16)24-33(28)31-15-22(2,3)19(32-33)20(26)23-14-13-18(25)29-4/h6-10,17,19H,5,11-15H2,1-4H3,(H,23,26)(H,24,28)/t17-,19-,33?/m0/s1. The molecule has 1 amide bonds. The SMILES string of the molecule is CCOC(=O)[C@H](CCc1ccccc1)NP1(=O)OCC(C)(C)[C@H](C(=O)NCCC(=O)OC)O1. The lowest BCUT2D eigenvalue weighted by atomic mass is 9.87. The van der Waals surface area contributed by atoms with Crippen molar-refractivity contribution in [2.75, 3.05) is 26.9 Å². The Balaban J connectivity index is 2.09. The van der Waals surface area contributed by atoms with Gasteiger partial charge in [0.15, 0.2) is 6.10 Å². The molecular formula is C22H33N2O8P. The summed E-state index contributed by atoms with van der Waals surface area (Å²) in [6, 6.07) is 8.57. The summed E-state index contributed by atoms with van der Waals surface area (Å²) < 4.78 is 34.2. The van der Waals surface area contributed by atoms with E-state index in [2.05, 4.69) is 15.1 Å². The summed E-state index contributed by atoms with van der Waals surface area (Å²) in [5, 5.41) is 5.27. The van der Waals surface area contributed by atoms with Gasteiger partial charge in [-0.25, -0.2) is 9.65 Å². The van der Waals surface area contributed by atoms with Crippen molar-refractivity contribution in [3.8, 4) is 0 Å². The predicted octanol–water partition coefficient (Wildman–Crippen LogP) is 2.37. The number of nitrogens with one attached hydrogen (secondary N) is 2. The molecule has 2 N–H and O–H groups in total. The van der Waals surface area contributed by atoms with Crippen LogP contribution in [-0.2, 0) is 43.9 Å². The molecule has 1 aromatic rings. The molecule has 0 aromatic heterocycles. The van der Waals surface area contributed by atoms with Crippen molar-refractivity contribution >= 4 is 25.6 Å². The zero-order valence-electron chi connectivity index (χ0n) is 19.5. The third kappa shape index (κ3) is 8.23. The van der Waals surface area contributed by atoms with E-state index in [9.17, 15) is 18.9 Å². The fourth-order valence-corrected chi connectivity index (χ4v) is 5.19. The Hall–Kier alpha value is -2.26. The molecule has 1 aliphatic heterocycles. The molecule has 0 radical (unpaired) electrons. The molecule has 1 aromatic carbocycles. The molecule has 0 bridgehead atoms. The highest BCUT2D eigenvalue weighted by molar-refractivity contribution is 7.51. The normalized spacial score (nSPS) is 22.7. The summed E-state index contributed by atoms with van der Waals surface area (Å²) in [6.45, 7) is 5.31. The van der Waals surface area contributed by atoms with Gasteiger partial charge in [-0.05, 0) is 25.3 Å². The van der Waals surface area contributed by atoms with E-state index in [1.165, 1.54) is 7.11 Å². The van der Waals surface area contributed by atoms with Gasteiger partial charge in [-0.15, -0.1) is 0 Å². The molecule has 10 nitrogen and oxygen atoms in total. The maximum atomic E-state index is 13.4. The number of amides is 1. The number of carbonyl (C=O) groups excluding carboxylic acids is 3. The van der Waals surface area contributed by atoms with Crippen LogP contribution < -0.4 is 10.4 Å². The van der Waals surface area contributed by atoms with Crippen LogP contribution in [0, 0.1) is 5.41 Å². The van der Waals surface area contributed by atoms with Crippen LogP contribution >= 0.6 is 7.75 Å². The molecule has 3 atom stereocenters. The fourth-order valence-electron chi connectivity index (χ4n) is 3.22. The Morgan fingerprint density at radius 3 is 2.58 bits per heavy atom. The van der Waals surface area contributed by atoms with E-state index in [-0.39, 0.29) is 26.2 Å². The second-order valence-corrected chi connectivity index (χ2v) is 10.0. The number of methoxy groups -OCH3 is 1. The highest BCUT2D eigenvalue weighted by Crippen LogP contribution is 2.53. The molecule has 1 fully saturated rings. The minimum Gasteiger partial charge on any atom is -0.469 e. The zero-order valence-corrected chi connectivity index (χ0v) is 20.4. The Labute approximate surface area is 194 Å². The van der Waals surface area contributed by atoms with Crippen LogP contribution in [0.5, 0.6) is 0 Å². The average Bonchev–Trinajstić information content (AvgIpc) is 2.79. The van der Waals surface area contributed by atoms with Crippen molar-refractivity contribution in [2.45, 2.75) is 52.2 Å². The first kappa shape index (κ1) is 27.0. The van der Waals surface area contributed by atoms with Crippen molar-refractivity contribution < 1.29 is 37.5 Å². The smallest absolute Gasteiger partial charge is 0.407 e. The minimum absolute atomic E-state index is 0.00772. The van der Waals surface area contributed by atoms with Crippen molar-refractivity contribution in [3.63, 3.8) is 0 Å². The zero-order chi connectivity index (χ0) is 24.5. The van der Waals surface area contributed by atoms with Crippen LogP contribution in [-0.4, -0.2) is 56.9 Å². The maximum Gasteiger partial charge on any atom is 0.407 e. The third-order valence-electron chi connectivity index (χ3n) is 5.10. The van der Waals surface area contributed by atoms with E-state index in [0.29, 0.717) is 12.8 Å². The number of hydrogen-bond donors (Lipinski definition) is 2. The number of ether oxygens (including phenoxy) is 2. The first-order valence-corrected chi connectivity index (χ1v) is 12.4. The fraction of sp³-hybridized carbons (Fsp3) is 0.591. The molecule has 0 spiro atoms. The molecule has 0 aliphatic carbocycles. The Morgan fingerprint density at radius 2 is 1.94 bits per heavy atom. The van der Waals surface area contributed by atoms with Gasteiger partial charge >= 0.3 is 19.7 Å². The van der Waals surface area contributed by atoms with Gasteiger partial charge in [0.1, 0.15) is 6.04 Å². The lowest BCUT2D eigenvalue weighted by Gasteiger charge is -2.40. The number of rotatable bonds is 11. The average molecular weight is 484 g/mol. The summed E-state index contributed by atoms with van der Waals surface area (Å²) in [6.07, 6.45) is -0.315. The summed E-state index contributed by atoms with van der Waals surface area (Å²) in [5.74, 6) is -1.59. The molecule has 1 saturated heterocycles. The number of aryl methyl sites for hydroxylation is 1. The van der Waals surface area contributed by atoms with Crippen LogP contribution in [0.4, 0.5) is 0 Å². The largest absolute Gasteiger partial charge is 0.469 e. The van der Waals surface area contributed by atoms with E-state index in [4.69, 9.17) is 13.8 Å². The van der Waals surface area contributed by atoms with E-state index < -0.39 is 43.2 Å². The molecule has 33 heavy (non-hydrogen) atoms. The molecule has 2 rings (SSSR count). The van der Waals surface area contributed by atoms with Crippen LogP contribution in [0.3, 0.4) is 0 Å². The molecule has 11 heteroatoms. The highest BCUT2D eigenvalue weighted by atomic mass is 31.2. The Kier molecular flexibility index (Phi) is 10.0. The van der Waals surface area contributed by atoms with Gasteiger partial charge in [0.25, 0.3) is 0 Å². The minimum atomic E-state index is -4.02. The Morgan fingerprint density at radius 1 is 1.24 bits per heavy atom. The maximum absolute atomic E-state index is 13.4. The summed E-state index contributed by atoms with van der Waals surface area (Å²) in [4.78, 5) is 36.5. The monoisotopic (exact) mass is 484 g/mol. The molecule has 1 heterocycles. The lowest BCUT2D eigenvalue weighted by Crippen LogP contribution is -2.52. The number of carbonyl (C=O) groups is 3. The van der Waals surface area contributed by atoms with Crippen LogP contribution in [0.1, 0.15) is 39.2 Å². The van der Waals surface area contributed by atoms with E-state index in [0.717, 1.165) is 5.56 Å². The van der Waals surface area contributed by atoms with Crippen molar-refractivity contribution in [1.82, 2.24) is 10.4 Å². The summed E-state index contributed by atoms with van der Waals surface area (Å²) >= 11 is 0. The molecule has 1 aliphatic rings. The first-order chi connectivity index (χ1) is 15.6. The van der Waals surface area contributed by atoms with Gasteiger partial charge in [0.2, 0.25) is 5.91 Å². The summed E-state index contributed by atoms with van der Waals surface area (Å²) in [5.41, 5.74) is 0.204. The van der Waals surface area contributed by atoms with Crippen molar-refractivity contribution in [2.24, 2.45) is 5.41 Å². The summed E-state index contributed by atoms with van der Waals surface area (Å²) in [7, 11) is -2.76. The number of benzene rings is 1. The molecule has 184 valence electrons.